The van der Waals surface area contributed by atoms with Crippen LogP contribution in [-0.4, -0.2) is 5.16 Å². The zero-order chi connectivity index (χ0) is 19.2. The van der Waals surface area contributed by atoms with Crippen LogP contribution in [0.4, 0.5) is 5.69 Å². The van der Waals surface area contributed by atoms with Crippen LogP contribution in [0.1, 0.15) is 23.6 Å². The van der Waals surface area contributed by atoms with Crippen molar-refractivity contribution in [1.29, 1.82) is 0 Å². The Bertz CT molecular complexity index is 1050. The average Bonchev–Trinajstić information content (AvgIpc) is 2.70. The van der Waals surface area contributed by atoms with E-state index in [-0.39, 0.29) is 0 Å². The molecule has 0 aromatic heterocycles. The molecule has 0 unspecified atom stereocenters. The van der Waals surface area contributed by atoms with Crippen molar-refractivity contribution < 1.29 is 0 Å². The highest BCUT2D eigenvalue weighted by Gasteiger charge is 2.08. The number of hydrogen-bond acceptors (Lipinski definition) is 2. The van der Waals surface area contributed by atoms with Crippen molar-refractivity contribution in [2.45, 2.75) is 13.3 Å². The van der Waals surface area contributed by atoms with Gasteiger partial charge in [-0.2, -0.15) is 4.99 Å². The highest BCUT2D eigenvalue weighted by molar-refractivity contribution is 7.78. The Balaban J connectivity index is 1.83. The highest BCUT2D eigenvalue weighted by atomic mass is 35.5. The number of aliphatic imine (C=N–C) groups is 1. The van der Waals surface area contributed by atoms with E-state index in [0.29, 0.717) is 15.7 Å². The number of thiocarbonyl (C=S) groups is 1. The van der Waals surface area contributed by atoms with Crippen LogP contribution in [0, 0.1) is 11.8 Å². The zero-order valence-corrected chi connectivity index (χ0v) is 16.9. The van der Waals surface area contributed by atoms with Gasteiger partial charge in [0.05, 0.1) is 15.2 Å². The van der Waals surface area contributed by atoms with E-state index in [1.54, 1.807) is 0 Å². The molecule has 0 aliphatic rings. The molecule has 3 aromatic carbocycles. The molecule has 0 N–H and O–H groups in total. The third kappa shape index (κ3) is 4.86. The van der Waals surface area contributed by atoms with Crippen molar-refractivity contribution in [2.24, 2.45) is 4.99 Å². The van der Waals surface area contributed by atoms with Crippen LogP contribution < -0.4 is 0 Å². The molecule has 0 amide bonds. The maximum absolute atomic E-state index is 6.25. The number of rotatable bonds is 3. The van der Waals surface area contributed by atoms with Gasteiger partial charge in [0.25, 0.3) is 0 Å². The smallest absolute Gasteiger partial charge is 0.111 e. The number of nitrogens with zero attached hydrogens (tertiary/aromatic N) is 1. The maximum atomic E-state index is 6.25. The summed E-state index contributed by atoms with van der Waals surface area (Å²) in [5, 5.41) is 3.17. The number of isothiocyanates is 1. The van der Waals surface area contributed by atoms with Crippen LogP contribution in [0.3, 0.4) is 0 Å². The van der Waals surface area contributed by atoms with Crippen molar-refractivity contribution >= 4 is 46.3 Å². The summed E-state index contributed by atoms with van der Waals surface area (Å²) >= 11 is 17.1. The summed E-state index contributed by atoms with van der Waals surface area (Å²) in [7, 11) is 0. The first-order valence-electron chi connectivity index (χ1n) is 8.39. The van der Waals surface area contributed by atoms with Crippen molar-refractivity contribution in [2.75, 3.05) is 0 Å². The van der Waals surface area contributed by atoms with Gasteiger partial charge in [0.1, 0.15) is 5.69 Å². The fourth-order valence-corrected chi connectivity index (χ4v) is 3.26. The molecule has 0 aliphatic carbocycles. The minimum atomic E-state index is 0.439. The third-order valence-electron chi connectivity index (χ3n) is 4.11. The van der Waals surface area contributed by atoms with E-state index in [9.17, 15) is 0 Å². The van der Waals surface area contributed by atoms with Crippen molar-refractivity contribution in [3.8, 4) is 23.0 Å². The SMILES string of the molecule is CCc1ccc(C#Cc2ccc(-c3cc(Cl)c(N=C=S)c(Cl)c3)cc2)cc1. The lowest BCUT2D eigenvalue weighted by molar-refractivity contribution is 1.14. The predicted octanol–water partition coefficient (Wildman–Crippen LogP) is 7.36. The molecule has 3 rings (SSSR count). The molecule has 0 saturated heterocycles. The Kier molecular flexibility index (Phi) is 6.45. The molecule has 0 fully saturated rings. The van der Waals surface area contributed by atoms with Crippen LogP contribution in [0.15, 0.2) is 65.7 Å². The number of halogens is 2. The molecule has 0 heterocycles. The molecule has 0 spiro atoms. The second kappa shape index (κ2) is 9.00. The standard InChI is InChI=1S/C23H15Cl2NS/c1-2-16-3-5-17(6-4-16)7-8-18-9-11-19(12-10-18)20-13-21(24)23(26-15-27)22(25)14-20/h3-6,9-14H,2H2,1H3. The van der Waals surface area contributed by atoms with E-state index in [2.05, 4.69) is 65.4 Å². The Labute approximate surface area is 174 Å². The van der Waals surface area contributed by atoms with Gasteiger partial charge >= 0.3 is 0 Å². The molecule has 0 saturated carbocycles. The van der Waals surface area contributed by atoms with Crippen molar-refractivity contribution in [1.82, 2.24) is 0 Å². The van der Waals surface area contributed by atoms with Gasteiger partial charge in [-0.25, -0.2) is 0 Å². The molecule has 4 heteroatoms. The topological polar surface area (TPSA) is 12.4 Å². The monoisotopic (exact) mass is 407 g/mol. The van der Waals surface area contributed by atoms with Gasteiger partial charge in [0.2, 0.25) is 0 Å². The Morgan fingerprint density at radius 3 is 1.81 bits per heavy atom. The largest absolute Gasteiger partial charge is 0.192 e. The zero-order valence-electron chi connectivity index (χ0n) is 14.6. The quantitative estimate of drug-likeness (QED) is 0.251. The van der Waals surface area contributed by atoms with Gasteiger partial charge in [0.15, 0.2) is 0 Å². The summed E-state index contributed by atoms with van der Waals surface area (Å²) in [5.74, 6) is 6.38. The van der Waals surface area contributed by atoms with E-state index in [1.165, 1.54) is 5.56 Å². The Morgan fingerprint density at radius 1 is 0.815 bits per heavy atom. The maximum Gasteiger partial charge on any atom is 0.111 e. The van der Waals surface area contributed by atoms with Crippen molar-refractivity contribution in [3.05, 3.63) is 87.4 Å². The van der Waals surface area contributed by atoms with Gasteiger partial charge in [-0.1, -0.05) is 66.2 Å². The number of hydrogen-bond donors (Lipinski definition) is 0. The fourth-order valence-electron chi connectivity index (χ4n) is 2.60. The first-order valence-corrected chi connectivity index (χ1v) is 9.55. The van der Waals surface area contributed by atoms with E-state index in [4.69, 9.17) is 23.2 Å². The van der Waals surface area contributed by atoms with Gasteiger partial charge in [-0.15, -0.1) is 0 Å². The molecule has 0 atom stereocenters. The lowest BCUT2D eigenvalue weighted by Crippen LogP contribution is -1.82. The average molecular weight is 408 g/mol. The minimum Gasteiger partial charge on any atom is -0.192 e. The lowest BCUT2D eigenvalue weighted by atomic mass is 10.0. The van der Waals surface area contributed by atoms with Crippen LogP contribution in [0.5, 0.6) is 0 Å². The summed E-state index contributed by atoms with van der Waals surface area (Å²) in [5.41, 5.74) is 5.60. The Hall–Kier alpha value is -2.40. The molecule has 1 nitrogen and oxygen atoms in total. The molecule has 27 heavy (non-hydrogen) atoms. The van der Waals surface area contributed by atoms with Gasteiger partial charge in [-0.05, 0) is 71.7 Å². The lowest BCUT2D eigenvalue weighted by Gasteiger charge is -2.06. The fraction of sp³-hybridized carbons (Fsp3) is 0.0870. The second-order valence-corrected chi connectivity index (χ2v) is 6.87. The molecular weight excluding hydrogens is 393 g/mol. The van der Waals surface area contributed by atoms with E-state index in [1.807, 2.05) is 36.4 Å². The van der Waals surface area contributed by atoms with Gasteiger partial charge < -0.3 is 0 Å². The summed E-state index contributed by atoms with van der Waals surface area (Å²) < 4.78 is 0. The number of benzene rings is 3. The molecule has 0 bridgehead atoms. The van der Waals surface area contributed by atoms with E-state index < -0.39 is 0 Å². The van der Waals surface area contributed by atoms with Crippen molar-refractivity contribution in [3.63, 3.8) is 0 Å². The highest BCUT2D eigenvalue weighted by Crippen LogP contribution is 2.37. The molecular formula is C23H15Cl2NS. The summed E-state index contributed by atoms with van der Waals surface area (Å²) in [6.45, 7) is 2.14. The summed E-state index contributed by atoms with van der Waals surface area (Å²) in [4.78, 5) is 3.90. The first kappa shape index (κ1) is 19.4. The second-order valence-electron chi connectivity index (χ2n) is 5.87. The van der Waals surface area contributed by atoms with E-state index >= 15 is 0 Å². The molecule has 0 aliphatic heterocycles. The summed E-state index contributed by atoms with van der Waals surface area (Å²) in [6, 6.07) is 19.9. The normalized spacial score (nSPS) is 9.89. The van der Waals surface area contributed by atoms with Crippen LogP contribution in [0.2, 0.25) is 10.0 Å². The van der Waals surface area contributed by atoms with Gasteiger partial charge in [-0.3, -0.25) is 0 Å². The molecule has 3 aromatic rings. The minimum absolute atomic E-state index is 0.439. The van der Waals surface area contributed by atoms with Crippen LogP contribution >= 0.6 is 35.4 Å². The molecule has 132 valence electrons. The van der Waals surface area contributed by atoms with Crippen LogP contribution in [0.25, 0.3) is 11.1 Å². The predicted molar refractivity (Wildman–Crippen MR) is 118 cm³/mol. The summed E-state index contributed by atoms with van der Waals surface area (Å²) in [6.07, 6.45) is 1.03. The molecule has 0 radical (unpaired) electrons. The van der Waals surface area contributed by atoms with E-state index in [0.717, 1.165) is 28.7 Å². The first-order chi connectivity index (χ1) is 13.1. The third-order valence-corrected chi connectivity index (χ3v) is 4.77. The number of aryl methyl sites for hydroxylation is 1. The van der Waals surface area contributed by atoms with Gasteiger partial charge in [0, 0.05) is 11.1 Å². The van der Waals surface area contributed by atoms with Crippen LogP contribution in [-0.2, 0) is 6.42 Å². The Morgan fingerprint density at radius 2 is 1.33 bits per heavy atom.